The minimum absolute atomic E-state index is 0.102. The van der Waals surface area contributed by atoms with Gasteiger partial charge < -0.3 is 14.8 Å². The van der Waals surface area contributed by atoms with E-state index >= 15 is 0 Å². The molecule has 184 valence electrons. The van der Waals surface area contributed by atoms with Crippen LogP contribution < -0.4 is 4.74 Å². The Balaban J connectivity index is 1.71. The van der Waals surface area contributed by atoms with Crippen LogP contribution in [0.25, 0.3) is 10.9 Å². The molecule has 2 aromatic heterocycles. The zero-order valence-electron chi connectivity index (χ0n) is 18.8. The van der Waals surface area contributed by atoms with Crippen LogP contribution in [0.1, 0.15) is 37.1 Å². The molecule has 2 N–H and O–H groups in total. The number of sulfone groups is 1. The van der Waals surface area contributed by atoms with Crippen molar-refractivity contribution in [3.8, 4) is 5.75 Å². The van der Waals surface area contributed by atoms with Crippen molar-refractivity contribution < 1.29 is 31.4 Å². The zero-order chi connectivity index (χ0) is 25.1. The van der Waals surface area contributed by atoms with Gasteiger partial charge in [-0.1, -0.05) is 25.4 Å². The van der Waals surface area contributed by atoms with Crippen molar-refractivity contribution in [2.45, 2.75) is 55.3 Å². The Hall–Kier alpha value is -2.30. The highest BCUT2D eigenvalue weighted by Gasteiger charge is 2.56. The van der Waals surface area contributed by atoms with Gasteiger partial charge in [0.25, 0.3) is 0 Å². The summed E-state index contributed by atoms with van der Waals surface area (Å²) in [6, 6.07) is 6.01. The number of H-pyrrole nitrogens is 1. The first-order valence-electron chi connectivity index (χ1n) is 10.5. The topological polar surface area (TPSA) is 92.3 Å². The number of alkyl halides is 3. The van der Waals surface area contributed by atoms with Gasteiger partial charge in [-0.05, 0) is 41.7 Å². The number of nitrogens with zero attached hydrogens (tertiary/aromatic N) is 1. The number of aromatic amines is 1. The molecule has 1 atom stereocenters. The molecule has 6 nitrogen and oxygen atoms in total. The molecule has 4 rings (SSSR count). The van der Waals surface area contributed by atoms with Crippen LogP contribution in [0.5, 0.6) is 5.75 Å². The zero-order valence-corrected chi connectivity index (χ0v) is 20.3. The Bertz CT molecular complexity index is 1370. The molecule has 0 saturated heterocycles. The number of rotatable bonds is 6. The van der Waals surface area contributed by atoms with E-state index in [1.165, 1.54) is 18.3 Å². The van der Waals surface area contributed by atoms with E-state index in [1.807, 2.05) is 0 Å². The van der Waals surface area contributed by atoms with E-state index in [0.717, 1.165) is 11.8 Å². The number of aromatic nitrogens is 2. The van der Waals surface area contributed by atoms with Gasteiger partial charge in [0.2, 0.25) is 0 Å². The Labute approximate surface area is 200 Å². The first-order chi connectivity index (χ1) is 15.6. The molecule has 0 amide bonds. The summed E-state index contributed by atoms with van der Waals surface area (Å²) in [7, 11) is -3.58. The molecule has 1 unspecified atom stereocenters. The lowest BCUT2D eigenvalue weighted by atomic mass is 9.73. The van der Waals surface area contributed by atoms with Crippen LogP contribution in [0.15, 0.2) is 35.5 Å². The predicted octanol–water partition coefficient (Wildman–Crippen LogP) is 4.76. The van der Waals surface area contributed by atoms with Gasteiger partial charge in [-0.2, -0.15) is 13.2 Å². The highest BCUT2D eigenvalue weighted by atomic mass is 35.5. The number of fused-ring (bicyclic) bond motifs is 2. The number of halogens is 4. The lowest BCUT2D eigenvalue weighted by molar-refractivity contribution is -0.266. The van der Waals surface area contributed by atoms with Crippen LogP contribution in [0, 0.1) is 0 Å². The molecular weight excluding hydrogens is 493 g/mol. The van der Waals surface area contributed by atoms with Gasteiger partial charge in [0.15, 0.2) is 20.5 Å². The van der Waals surface area contributed by atoms with Crippen molar-refractivity contribution in [2.24, 2.45) is 0 Å². The SMILES string of the molecule is CC(C)(CC(O)(Cc1cc2cc(S(C)(=O)=O)ncc2[nH]1)C(F)(F)F)c1cc(Cl)cc2c1OCC2. The van der Waals surface area contributed by atoms with E-state index in [4.69, 9.17) is 16.3 Å². The molecule has 1 aliphatic heterocycles. The number of aliphatic hydroxyl groups is 1. The second kappa shape index (κ2) is 8.13. The van der Waals surface area contributed by atoms with Gasteiger partial charge >= 0.3 is 6.18 Å². The van der Waals surface area contributed by atoms with E-state index in [0.29, 0.717) is 40.3 Å². The molecule has 11 heteroatoms. The molecule has 34 heavy (non-hydrogen) atoms. The van der Waals surface area contributed by atoms with E-state index < -0.39 is 39.9 Å². The third-order valence-corrected chi connectivity index (χ3v) is 7.34. The van der Waals surface area contributed by atoms with Crippen LogP contribution >= 0.6 is 11.6 Å². The van der Waals surface area contributed by atoms with Gasteiger partial charge in [-0.15, -0.1) is 0 Å². The van der Waals surface area contributed by atoms with E-state index in [1.54, 1.807) is 26.0 Å². The first kappa shape index (κ1) is 24.8. The summed E-state index contributed by atoms with van der Waals surface area (Å²) in [5, 5.41) is 11.6. The normalized spacial score (nSPS) is 16.4. The predicted molar refractivity (Wildman–Crippen MR) is 122 cm³/mol. The Morgan fingerprint density at radius 1 is 1.21 bits per heavy atom. The summed E-state index contributed by atoms with van der Waals surface area (Å²) in [6.45, 7) is 3.65. The molecule has 0 saturated carbocycles. The van der Waals surface area contributed by atoms with Crippen LogP contribution in [-0.2, 0) is 28.1 Å². The monoisotopic (exact) mass is 516 g/mol. The maximum Gasteiger partial charge on any atom is 0.417 e. The van der Waals surface area contributed by atoms with Crippen molar-refractivity contribution in [3.63, 3.8) is 0 Å². The second-order valence-corrected chi connectivity index (χ2v) is 11.9. The van der Waals surface area contributed by atoms with Crippen molar-refractivity contribution in [2.75, 3.05) is 12.9 Å². The molecule has 1 aliphatic rings. The summed E-state index contributed by atoms with van der Waals surface area (Å²) >= 11 is 6.22. The molecule has 0 fully saturated rings. The highest BCUT2D eigenvalue weighted by Crippen LogP contribution is 2.47. The van der Waals surface area contributed by atoms with Crippen LogP contribution in [0.3, 0.4) is 0 Å². The quantitative estimate of drug-likeness (QED) is 0.493. The maximum atomic E-state index is 14.3. The second-order valence-electron chi connectivity index (χ2n) is 9.48. The fourth-order valence-corrected chi connectivity index (χ4v) is 5.37. The van der Waals surface area contributed by atoms with Gasteiger partial charge in [0.05, 0.1) is 18.3 Å². The van der Waals surface area contributed by atoms with Crippen LogP contribution in [0.4, 0.5) is 13.2 Å². The summed E-state index contributed by atoms with van der Waals surface area (Å²) in [5.41, 5.74) is -2.42. The van der Waals surface area contributed by atoms with Gasteiger partial charge in [0, 0.05) is 40.8 Å². The summed E-state index contributed by atoms with van der Waals surface area (Å²) in [6.07, 6.45) is -3.50. The largest absolute Gasteiger partial charge is 0.493 e. The van der Waals surface area contributed by atoms with Gasteiger partial charge in [0.1, 0.15) is 5.75 Å². The minimum Gasteiger partial charge on any atom is -0.493 e. The summed E-state index contributed by atoms with van der Waals surface area (Å²) < 4.78 is 72.0. The molecule has 3 heterocycles. The van der Waals surface area contributed by atoms with E-state index in [9.17, 15) is 26.7 Å². The molecule has 1 aromatic carbocycles. The van der Waals surface area contributed by atoms with Crippen LogP contribution in [0.2, 0.25) is 5.02 Å². The number of nitrogens with one attached hydrogen (secondary N) is 1. The fourth-order valence-electron chi connectivity index (χ4n) is 4.55. The average molecular weight is 517 g/mol. The maximum absolute atomic E-state index is 14.3. The van der Waals surface area contributed by atoms with E-state index in [2.05, 4.69) is 9.97 Å². The molecule has 0 radical (unpaired) electrons. The average Bonchev–Trinajstić information content (AvgIpc) is 3.30. The smallest absolute Gasteiger partial charge is 0.417 e. The number of hydrogen-bond donors (Lipinski definition) is 2. The third-order valence-electron chi connectivity index (χ3n) is 6.14. The van der Waals surface area contributed by atoms with Crippen molar-refractivity contribution in [1.29, 1.82) is 0 Å². The lowest BCUT2D eigenvalue weighted by Gasteiger charge is -2.38. The Morgan fingerprint density at radius 3 is 2.56 bits per heavy atom. The standard InChI is InChI=1S/C23H24ClF3N2O4S/c1-21(2,17-9-15(24)6-13-4-5-33-20(13)17)12-22(30,23(25,26)27)10-16-7-14-8-19(34(3,31)32)28-11-18(14)29-16/h6-9,11,29-30H,4-5,10,12H2,1-3H3. The first-order valence-corrected chi connectivity index (χ1v) is 12.8. The van der Waals surface area contributed by atoms with Crippen molar-refractivity contribution >= 4 is 32.3 Å². The summed E-state index contributed by atoms with van der Waals surface area (Å²) in [4.78, 5) is 6.66. The third kappa shape index (κ3) is 4.63. The minimum atomic E-state index is -4.94. The lowest BCUT2D eigenvalue weighted by Crippen LogP contribution is -2.51. The van der Waals surface area contributed by atoms with Crippen molar-refractivity contribution in [3.05, 3.63) is 52.3 Å². The summed E-state index contributed by atoms with van der Waals surface area (Å²) in [5.74, 6) is 0.518. The Kier molecular flexibility index (Phi) is 5.94. The van der Waals surface area contributed by atoms with Gasteiger partial charge in [-0.3, -0.25) is 0 Å². The van der Waals surface area contributed by atoms with E-state index in [-0.39, 0.29) is 10.7 Å². The fraction of sp³-hybridized carbons (Fsp3) is 0.435. The van der Waals surface area contributed by atoms with Crippen LogP contribution in [-0.4, -0.2) is 48.1 Å². The van der Waals surface area contributed by atoms with Crippen molar-refractivity contribution in [1.82, 2.24) is 9.97 Å². The molecule has 0 spiro atoms. The number of pyridine rings is 1. The number of hydrogen-bond acceptors (Lipinski definition) is 5. The van der Waals surface area contributed by atoms with Gasteiger partial charge in [-0.25, -0.2) is 13.4 Å². The number of benzene rings is 1. The number of ether oxygens (including phenoxy) is 1. The highest BCUT2D eigenvalue weighted by molar-refractivity contribution is 7.90. The molecular formula is C23H24ClF3N2O4S. The Morgan fingerprint density at radius 2 is 1.91 bits per heavy atom. The molecule has 0 bridgehead atoms. The molecule has 0 aliphatic carbocycles. The molecule has 3 aromatic rings.